The van der Waals surface area contributed by atoms with Crippen LogP contribution in [-0.2, 0) is 5.41 Å². The first kappa shape index (κ1) is 12.5. The topological polar surface area (TPSA) is 43.1 Å². The van der Waals surface area contributed by atoms with Gasteiger partial charge in [-0.1, -0.05) is 32.9 Å². The molecule has 5 heteroatoms. The lowest BCUT2D eigenvalue weighted by molar-refractivity contribution is -0.387. The smallest absolute Gasteiger partial charge is 0.258 e. The molecule has 16 heavy (non-hydrogen) atoms. The summed E-state index contributed by atoms with van der Waals surface area (Å²) in [5, 5.41) is 10.9. The molecular weight excluding hydrogens is 216 g/mol. The van der Waals surface area contributed by atoms with E-state index in [4.69, 9.17) is 0 Å². The van der Waals surface area contributed by atoms with Crippen molar-refractivity contribution in [1.82, 2.24) is 0 Å². The van der Waals surface area contributed by atoms with Gasteiger partial charge < -0.3 is 0 Å². The molecule has 0 atom stereocenters. The van der Waals surface area contributed by atoms with E-state index in [0.717, 1.165) is 6.07 Å². The summed E-state index contributed by atoms with van der Waals surface area (Å²) in [6, 6.07) is 4.04. The van der Waals surface area contributed by atoms with Crippen LogP contribution in [0.1, 0.15) is 38.3 Å². The summed E-state index contributed by atoms with van der Waals surface area (Å²) in [7, 11) is 0. The fourth-order valence-electron chi connectivity index (χ4n) is 1.55. The van der Waals surface area contributed by atoms with Gasteiger partial charge >= 0.3 is 0 Å². The fraction of sp³-hybridized carbons (Fsp3) is 0.455. The quantitative estimate of drug-likeness (QED) is 0.571. The van der Waals surface area contributed by atoms with Gasteiger partial charge in [0.05, 0.1) is 10.5 Å². The Bertz CT molecular complexity index is 411. The van der Waals surface area contributed by atoms with Gasteiger partial charge in [-0.15, -0.1) is 0 Å². The maximum absolute atomic E-state index is 12.7. The highest BCUT2D eigenvalue weighted by Gasteiger charge is 2.30. The van der Waals surface area contributed by atoms with E-state index >= 15 is 0 Å². The zero-order chi connectivity index (χ0) is 12.5. The van der Waals surface area contributed by atoms with Crippen LogP contribution in [0.15, 0.2) is 18.2 Å². The highest BCUT2D eigenvalue weighted by Crippen LogP contribution is 2.37. The molecule has 1 aromatic carbocycles. The van der Waals surface area contributed by atoms with E-state index in [1.165, 1.54) is 12.1 Å². The third-order valence-electron chi connectivity index (χ3n) is 2.29. The van der Waals surface area contributed by atoms with Crippen molar-refractivity contribution in [3.05, 3.63) is 39.4 Å². The summed E-state index contributed by atoms with van der Waals surface area (Å²) in [4.78, 5) is 10.1. The van der Waals surface area contributed by atoms with Gasteiger partial charge in [-0.25, -0.2) is 8.78 Å². The van der Waals surface area contributed by atoms with E-state index in [0.29, 0.717) is 5.56 Å². The molecule has 0 aliphatic heterocycles. The Kier molecular flexibility index (Phi) is 3.26. The predicted octanol–water partition coefficient (Wildman–Crippen LogP) is 3.83. The zero-order valence-electron chi connectivity index (χ0n) is 9.33. The van der Waals surface area contributed by atoms with Crippen LogP contribution in [-0.4, -0.2) is 4.92 Å². The average molecular weight is 229 g/mol. The van der Waals surface area contributed by atoms with Crippen molar-refractivity contribution < 1.29 is 13.7 Å². The lowest BCUT2D eigenvalue weighted by atomic mass is 9.84. The summed E-state index contributed by atoms with van der Waals surface area (Å²) >= 11 is 0. The van der Waals surface area contributed by atoms with Gasteiger partial charge in [0.1, 0.15) is 0 Å². The van der Waals surface area contributed by atoms with Gasteiger partial charge in [0, 0.05) is 5.56 Å². The summed E-state index contributed by atoms with van der Waals surface area (Å²) < 4.78 is 25.3. The minimum absolute atomic E-state index is 0.329. The van der Waals surface area contributed by atoms with Gasteiger partial charge in [0.25, 0.3) is 12.1 Å². The molecule has 0 fully saturated rings. The Hall–Kier alpha value is -1.52. The van der Waals surface area contributed by atoms with Crippen molar-refractivity contribution in [2.75, 3.05) is 0 Å². The third kappa shape index (κ3) is 2.35. The molecule has 88 valence electrons. The molecule has 0 aliphatic carbocycles. The molecule has 0 radical (unpaired) electrons. The molecule has 0 spiro atoms. The molecule has 0 N–H and O–H groups in total. The van der Waals surface area contributed by atoms with Gasteiger partial charge in [0.2, 0.25) is 0 Å². The minimum Gasteiger partial charge on any atom is -0.258 e. The molecule has 0 saturated heterocycles. The first-order valence-corrected chi connectivity index (χ1v) is 4.81. The van der Waals surface area contributed by atoms with Crippen LogP contribution >= 0.6 is 0 Å². The van der Waals surface area contributed by atoms with E-state index in [-0.39, 0.29) is 0 Å². The number of nitrogens with zero attached hydrogens (tertiary/aromatic N) is 1. The second-order valence-corrected chi connectivity index (χ2v) is 4.55. The van der Waals surface area contributed by atoms with Crippen LogP contribution in [0.25, 0.3) is 0 Å². The fourth-order valence-corrected chi connectivity index (χ4v) is 1.55. The Morgan fingerprint density at radius 2 is 1.88 bits per heavy atom. The Morgan fingerprint density at radius 3 is 2.25 bits per heavy atom. The van der Waals surface area contributed by atoms with E-state index in [1.807, 2.05) is 0 Å². The number of halogens is 2. The van der Waals surface area contributed by atoms with Crippen LogP contribution in [0, 0.1) is 10.1 Å². The van der Waals surface area contributed by atoms with E-state index in [1.54, 1.807) is 20.8 Å². The molecule has 0 saturated carbocycles. The highest BCUT2D eigenvalue weighted by molar-refractivity contribution is 5.51. The zero-order valence-corrected chi connectivity index (χ0v) is 9.33. The van der Waals surface area contributed by atoms with Crippen molar-refractivity contribution in [1.29, 1.82) is 0 Å². The normalized spacial score (nSPS) is 11.9. The summed E-state index contributed by atoms with van der Waals surface area (Å²) in [6.07, 6.45) is -2.83. The Balaban J connectivity index is 3.52. The maximum atomic E-state index is 12.7. The lowest BCUT2D eigenvalue weighted by Gasteiger charge is -2.19. The van der Waals surface area contributed by atoms with Gasteiger partial charge in [-0.05, 0) is 11.5 Å². The Morgan fingerprint density at radius 1 is 1.31 bits per heavy atom. The van der Waals surface area contributed by atoms with Crippen molar-refractivity contribution in [3.8, 4) is 0 Å². The third-order valence-corrected chi connectivity index (χ3v) is 2.29. The van der Waals surface area contributed by atoms with E-state index in [2.05, 4.69) is 0 Å². The Labute approximate surface area is 92.2 Å². The predicted molar refractivity (Wildman–Crippen MR) is 56.8 cm³/mol. The highest BCUT2D eigenvalue weighted by atomic mass is 19.3. The van der Waals surface area contributed by atoms with Gasteiger partial charge in [-0.2, -0.15) is 0 Å². The van der Waals surface area contributed by atoms with Crippen LogP contribution < -0.4 is 0 Å². The molecule has 1 rings (SSSR count). The number of benzene rings is 1. The second-order valence-electron chi connectivity index (χ2n) is 4.55. The maximum Gasteiger partial charge on any atom is 0.281 e. The number of rotatable bonds is 2. The van der Waals surface area contributed by atoms with Gasteiger partial charge in [-0.3, -0.25) is 10.1 Å². The summed E-state index contributed by atoms with van der Waals surface area (Å²) in [5.41, 5.74) is -1.19. The number of nitro benzene ring substituents is 1. The average Bonchev–Trinajstić information content (AvgIpc) is 2.14. The van der Waals surface area contributed by atoms with Crippen molar-refractivity contribution in [2.24, 2.45) is 0 Å². The van der Waals surface area contributed by atoms with Crippen molar-refractivity contribution in [3.63, 3.8) is 0 Å². The van der Waals surface area contributed by atoms with E-state index in [9.17, 15) is 18.9 Å². The molecule has 1 aromatic rings. The number of hydrogen-bond donors (Lipinski definition) is 0. The SMILES string of the molecule is CC(C)(C)c1cccc(C(F)F)c1[N+](=O)[O-]. The standard InChI is InChI=1S/C11H13F2NO2/c1-11(2,3)8-6-4-5-7(10(12)13)9(8)14(15)16/h4-6,10H,1-3H3. The van der Waals surface area contributed by atoms with Crippen molar-refractivity contribution >= 4 is 5.69 Å². The lowest BCUT2D eigenvalue weighted by Crippen LogP contribution is -2.15. The molecule has 0 aliphatic rings. The molecule has 0 bridgehead atoms. The van der Waals surface area contributed by atoms with Gasteiger partial charge in [0.15, 0.2) is 0 Å². The number of para-hydroxylation sites is 1. The first-order chi connectivity index (χ1) is 7.25. The molecule has 0 heterocycles. The van der Waals surface area contributed by atoms with Crippen molar-refractivity contribution in [2.45, 2.75) is 32.6 Å². The monoisotopic (exact) mass is 229 g/mol. The number of hydrogen-bond acceptors (Lipinski definition) is 2. The molecule has 3 nitrogen and oxygen atoms in total. The largest absolute Gasteiger partial charge is 0.281 e. The first-order valence-electron chi connectivity index (χ1n) is 4.81. The number of nitro groups is 1. The minimum atomic E-state index is -2.83. The molecular formula is C11H13F2NO2. The molecule has 0 amide bonds. The second kappa shape index (κ2) is 4.15. The van der Waals surface area contributed by atoms with Crippen LogP contribution in [0.5, 0.6) is 0 Å². The van der Waals surface area contributed by atoms with Crippen LogP contribution in [0.2, 0.25) is 0 Å². The molecule has 0 unspecified atom stereocenters. The van der Waals surface area contributed by atoms with Crippen LogP contribution in [0.4, 0.5) is 14.5 Å². The molecule has 0 aromatic heterocycles. The van der Waals surface area contributed by atoms with E-state index < -0.39 is 28.0 Å². The van der Waals surface area contributed by atoms with Crippen LogP contribution in [0.3, 0.4) is 0 Å². The summed E-state index contributed by atoms with van der Waals surface area (Å²) in [5.74, 6) is 0. The summed E-state index contributed by atoms with van der Waals surface area (Å²) in [6.45, 7) is 5.26. The number of alkyl halides is 2.